The molecule has 1 heterocycles. The first-order valence-corrected chi connectivity index (χ1v) is 8.47. The van der Waals surface area contributed by atoms with Crippen molar-refractivity contribution in [2.45, 2.75) is 34.2 Å². The van der Waals surface area contributed by atoms with E-state index in [1.54, 1.807) is 13.8 Å². The number of hydrogen-bond donors (Lipinski definition) is 1. The molecule has 25 heavy (non-hydrogen) atoms. The standard InChI is InChI=1S/C20H26N2O3/c1-6-25-20(24)19-14(3)18(15(4)21-19)17(23)12-22(5)11-16-9-7-13(2)8-10-16/h7-10,21H,6,11-12H2,1-5H3. The van der Waals surface area contributed by atoms with Crippen LogP contribution in [0.25, 0.3) is 0 Å². The number of esters is 1. The van der Waals surface area contributed by atoms with Gasteiger partial charge in [0.1, 0.15) is 5.69 Å². The summed E-state index contributed by atoms with van der Waals surface area (Å²) >= 11 is 0. The van der Waals surface area contributed by atoms with E-state index in [0.717, 1.165) is 5.56 Å². The summed E-state index contributed by atoms with van der Waals surface area (Å²) in [5.74, 6) is -0.424. The zero-order valence-corrected chi connectivity index (χ0v) is 15.6. The number of hydrogen-bond acceptors (Lipinski definition) is 4. The van der Waals surface area contributed by atoms with E-state index in [-0.39, 0.29) is 12.3 Å². The molecule has 0 aliphatic carbocycles. The Morgan fingerprint density at radius 1 is 1.12 bits per heavy atom. The van der Waals surface area contributed by atoms with Gasteiger partial charge in [-0.1, -0.05) is 29.8 Å². The largest absolute Gasteiger partial charge is 0.461 e. The Hall–Kier alpha value is -2.40. The lowest BCUT2D eigenvalue weighted by Crippen LogP contribution is -2.26. The van der Waals surface area contributed by atoms with E-state index in [2.05, 4.69) is 36.2 Å². The van der Waals surface area contributed by atoms with Gasteiger partial charge in [0.25, 0.3) is 0 Å². The van der Waals surface area contributed by atoms with Crippen molar-refractivity contribution in [3.8, 4) is 0 Å². The van der Waals surface area contributed by atoms with E-state index in [4.69, 9.17) is 4.74 Å². The maximum absolute atomic E-state index is 12.7. The van der Waals surface area contributed by atoms with E-state index in [1.165, 1.54) is 5.56 Å². The highest BCUT2D eigenvalue weighted by Gasteiger charge is 2.23. The molecule has 5 nitrogen and oxygen atoms in total. The van der Waals surface area contributed by atoms with Crippen molar-refractivity contribution in [2.75, 3.05) is 20.2 Å². The molecule has 5 heteroatoms. The molecule has 0 fully saturated rings. The predicted octanol–water partition coefficient (Wildman–Crippen LogP) is 3.43. The highest BCUT2D eigenvalue weighted by atomic mass is 16.5. The predicted molar refractivity (Wildman–Crippen MR) is 98.1 cm³/mol. The number of carbonyl (C=O) groups excluding carboxylic acids is 2. The highest BCUT2D eigenvalue weighted by Crippen LogP contribution is 2.20. The van der Waals surface area contributed by atoms with Crippen LogP contribution in [0.2, 0.25) is 0 Å². The van der Waals surface area contributed by atoms with Crippen molar-refractivity contribution in [1.82, 2.24) is 9.88 Å². The molecule has 0 saturated carbocycles. The van der Waals surface area contributed by atoms with Crippen molar-refractivity contribution >= 4 is 11.8 Å². The lowest BCUT2D eigenvalue weighted by Gasteiger charge is -2.16. The van der Waals surface area contributed by atoms with Crippen LogP contribution in [0.5, 0.6) is 0 Å². The summed E-state index contributed by atoms with van der Waals surface area (Å²) in [4.78, 5) is 29.7. The summed E-state index contributed by atoms with van der Waals surface area (Å²) in [5.41, 5.74) is 4.69. The van der Waals surface area contributed by atoms with E-state index in [1.807, 2.05) is 18.9 Å². The van der Waals surface area contributed by atoms with Crippen molar-refractivity contribution in [3.05, 3.63) is 57.9 Å². The lowest BCUT2D eigenvalue weighted by atomic mass is 10.0. The maximum Gasteiger partial charge on any atom is 0.355 e. The van der Waals surface area contributed by atoms with Gasteiger partial charge in [-0.2, -0.15) is 0 Å². The fraction of sp³-hybridized carbons (Fsp3) is 0.400. The van der Waals surface area contributed by atoms with Gasteiger partial charge in [-0.15, -0.1) is 0 Å². The van der Waals surface area contributed by atoms with E-state index in [9.17, 15) is 9.59 Å². The van der Waals surface area contributed by atoms with E-state index < -0.39 is 5.97 Å². The second-order valence-corrected chi connectivity index (χ2v) is 6.43. The lowest BCUT2D eigenvalue weighted by molar-refractivity contribution is 0.0519. The molecule has 0 aliphatic heterocycles. The van der Waals surface area contributed by atoms with Gasteiger partial charge >= 0.3 is 5.97 Å². The molecule has 1 N–H and O–H groups in total. The summed E-state index contributed by atoms with van der Waals surface area (Å²) < 4.78 is 5.03. The van der Waals surface area contributed by atoms with E-state index >= 15 is 0 Å². The third kappa shape index (κ3) is 4.57. The molecule has 0 atom stereocenters. The first kappa shape index (κ1) is 18.9. The van der Waals surface area contributed by atoms with Gasteiger partial charge in [0.05, 0.1) is 13.2 Å². The second kappa shape index (κ2) is 8.12. The first-order chi connectivity index (χ1) is 11.8. The van der Waals surface area contributed by atoms with Gasteiger partial charge in [-0.3, -0.25) is 9.69 Å². The Labute approximate surface area is 149 Å². The summed E-state index contributed by atoms with van der Waals surface area (Å²) in [6.07, 6.45) is 0. The van der Waals surface area contributed by atoms with Gasteiger partial charge in [0.15, 0.2) is 5.78 Å². The number of benzene rings is 1. The zero-order valence-electron chi connectivity index (χ0n) is 15.6. The Kier molecular flexibility index (Phi) is 6.15. The summed E-state index contributed by atoms with van der Waals surface area (Å²) in [6, 6.07) is 8.28. The van der Waals surface area contributed by atoms with E-state index in [0.29, 0.717) is 35.7 Å². The summed E-state index contributed by atoms with van der Waals surface area (Å²) in [5, 5.41) is 0. The van der Waals surface area contributed by atoms with Gasteiger partial charge in [0.2, 0.25) is 0 Å². The molecule has 0 saturated heterocycles. The molecule has 0 unspecified atom stereocenters. The number of ether oxygens (including phenoxy) is 1. The van der Waals surface area contributed by atoms with Gasteiger partial charge in [0, 0.05) is 17.8 Å². The van der Waals surface area contributed by atoms with Crippen LogP contribution in [0.4, 0.5) is 0 Å². The Bertz CT molecular complexity index is 760. The molecule has 1 aromatic carbocycles. The number of Topliss-reactive ketones (excluding diaryl/α,β-unsaturated/α-hetero) is 1. The molecule has 0 aliphatic rings. The minimum absolute atomic E-state index is 0.00332. The minimum atomic E-state index is -0.421. The second-order valence-electron chi connectivity index (χ2n) is 6.43. The summed E-state index contributed by atoms with van der Waals surface area (Å²) in [7, 11) is 1.92. The molecular weight excluding hydrogens is 316 g/mol. The van der Waals surface area contributed by atoms with Crippen LogP contribution in [0.15, 0.2) is 24.3 Å². The zero-order chi connectivity index (χ0) is 18.6. The number of aromatic amines is 1. The number of H-pyrrole nitrogens is 1. The molecule has 2 aromatic rings. The van der Waals surface area contributed by atoms with Gasteiger partial charge in [-0.05, 0) is 45.9 Å². The normalized spacial score (nSPS) is 11.0. The van der Waals surface area contributed by atoms with Crippen molar-refractivity contribution < 1.29 is 14.3 Å². The van der Waals surface area contributed by atoms with Crippen LogP contribution in [0.3, 0.4) is 0 Å². The minimum Gasteiger partial charge on any atom is -0.461 e. The van der Waals surface area contributed by atoms with Crippen LogP contribution < -0.4 is 0 Å². The third-order valence-corrected chi connectivity index (χ3v) is 4.18. The molecule has 1 aromatic heterocycles. The Morgan fingerprint density at radius 3 is 2.36 bits per heavy atom. The number of aromatic nitrogens is 1. The SMILES string of the molecule is CCOC(=O)c1[nH]c(C)c(C(=O)CN(C)Cc2ccc(C)cc2)c1C. The van der Waals surface area contributed by atoms with Crippen LogP contribution >= 0.6 is 0 Å². The fourth-order valence-corrected chi connectivity index (χ4v) is 2.96. The molecule has 0 radical (unpaired) electrons. The van der Waals surface area contributed by atoms with Crippen molar-refractivity contribution in [1.29, 1.82) is 0 Å². The number of carbonyl (C=O) groups is 2. The van der Waals surface area contributed by atoms with Gasteiger partial charge in [-0.25, -0.2) is 4.79 Å². The third-order valence-electron chi connectivity index (χ3n) is 4.18. The Balaban J connectivity index is 2.09. The molecule has 2 rings (SSSR count). The molecule has 0 bridgehead atoms. The number of aryl methyl sites for hydroxylation is 2. The topological polar surface area (TPSA) is 62.4 Å². The number of ketones is 1. The van der Waals surface area contributed by atoms with Gasteiger partial charge < -0.3 is 9.72 Å². The number of nitrogens with zero attached hydrogens (tertiary/aromatic N) is 1. The van der Waals surface area contributed by atoms with Crippen LogP contribution in [-0.2, 0) is 11.3 Å². The van der Waals surface area contributed by atoms with Crippen molar-refractivity contribution in [2.24, 2.45) is 0 Å². The fourth-order valence-electron chi connectivity index (χ4n) is 2.96. The smallest absolute Gasteiger partial charge is 0.355 e. The maximum atomic E-state index is 12.7. The van der Waals surface area contributed by atoms with Crippen LogP contribution in [0, 0.1) is 20.8 Å². The average molecular weight is 342 g/mol. The number of rotatable bonds is 7. The average Bonchev–Trinajstić information content (AvgIpc) is 2.84. The highest BCUT2D eigenvalue weighted by molar-refractivity contribution is 6.03. The van der Waals surface area contributed by atoms with Crippen molar-refractivity contribution in [3.63, 3.8) is 0 Å². The van der Waals surface area contributed by atoms with Crippen LogP contribution in [-0.4, -0.2) is 41.8 Å². The summed E-state index contributed by atoms with van der Waals surface area (Å²) in [6.45, 7) is 8.69. The Morgan fingerprint density at radius 2 is 1.76 bits per heavy atom. The molecule has 0 amide bonds. The molecule has 134 valence electrons. The van der Waals surface area contributed by atoms with Crippen LogP contribution in [0.1, 0.15) is 50.2 Å². The monoisotopic (exact) mass is 342 g/mol. The number of likely N-dealkylation sites (N-methyl/N-ethyl adjacent to an activating group) is 1. The molecule has 0 spiro atoms. The molecular formula is C20H26N2O3. The number of nitrogens with one attached hydrogen (secondary N) is 1. The quantitative estimate of drug-likeness (QED) is 0.618. The first-order valence-electron chi connectivity index (χ1n) is 8.47.